The molecule has 9 heteroatoms. The zero-order chi connectivity index (χ0) is 16.4. The number of carbonyl (C=O) groups excluding carboxylic acids is 1. The van der Waals surface area contributed by atoms with Crippen LogP contribution in [0, 0.1) is 5.92 Å². The molecule has 0 spiro atoms. The lowest BCUT2D eigenvalue weighted by atomic mass is 10.1. The quantitative estimate of drug-likeness (QED) is 0.612. The topological polar surface area (TPSA) is 96.9 Å². The van der Waals surface area contributed by atoms with Gasteiger partial charge in [-0.2, -0.15) is 0 Å². The van der Waals surface area contributed by atoms with E-state index in [0.29, 0.717) is 24.2 Å². The molecular formula is C14H15N3O4S2. The molecule has 0 aromatic heterocycles. The summed E-state index contributed by atoms with van der Waals surface area (Å²) in [5, 5.41) is 9.32. The summed E-state index contributed by atoms with van der Waals surface area (Å²) in [5.74, 6) is 0.0414. The van der Waals surface area contributed by atoms with Gasteiger partial charge in [-0.1, -0.05) is 23.4 Å². The summed E-state index contributed by atoms with van der Waals surface area (Å²) in [6.07, 6.45) is 0.613. The van der Waals surface area contributed by atoms with E-state index in [9.17, 15) is 13.2 Å². The van der Waals surface area contributed by atoms with Gasteiger partial charge in [0.25, 0.3) is 11.1 Å². The Labute approximate surface area is 139 Å². The van der Waals surface area contributed by atoms with Crippen molar-refractivity contribution < 1.29 is 18.0 Å². The molecule has 0 radical (unpaired) electrons. The van der Waals surface area contributed by atoms with Crippen LogP contribution >= 0.6 is 12.2 Å². The van der Waals surface area contributed by atoms with Crippen molar-refractivity contribution >= 4 is 44.5 Å². The number of carbonyl (C=O) groups is 1. The Bertz CT molecular complexity index is 789. The van der Waals surface area contributed by atoms with E-state index >= 15 is 0 Å². The Morgan fingerprint density at radius 1 is 1.43 bits per heavy atom. The average molecular weight is 353 g/mol. The Morgan fingerprint density at radius 2 is 2.22 bits per heavy atom. The van der Waals surface area contributed by atoms with E-state index in [1.807, 2.05) is 6.07 Å². The van der Waals surface area contributed by atoms with Gasteiger partial charge in [0.2, 0.25) is 0 Å². The van der Waals surface area contributed by atoms with Crippen molar-refractivity contribution in [1.29, 1.82) is 0 Å². The van der Waals surface area contributed by atoms with Crippen molar-refractivity contribution in [3.8, 4) is 0 Å². The first kappa shape index (κ1) is 15.9. The molecule has 23 heavy (non-hydrogen) atoms. The second-order valence-corrected chi connectivity index (χ2v) is 8.07. The SMILES string of the molecule is O=C1Nc2ccccc2/C1=N/OC(=S)NCC1CCS(=O)(=O)C1. The molecule has 1 fully saturated rings. The first-order valence-corrected chi connectivity index (χ1v) is 9.31. The molecule has 1 unspecified atom stereocenters. The number of fused-ring (bicyclic) bond motifs is 1. The van der Waals surface area contributed by atoms with Crippen molar-refractivity contribution in [3.63, 3.8) is 0 Å². The summed E-state index contributed by atoms with van der Waals surface area (Å²) < 4.78 is 22.8. The van der Waals surface area contributed by atoms with Gasteiger partial charge in [-0.3, -0.25) is 4.79 Å². The molecular weight excluding hydrogens is 338 g/mol. The maximum absolute atomic E-state index is 11.8. The fourth-order valence-electron chi connectivity index (χ4n) is 2.57. The van der Waals surface area contributed by atoms with Crippen molar-refractivity contribution in [2.24, 2.45) is 11.1 Å². The van der Waals surface area contributed by atoms with Gasteiger partial charge in [0.1, 0.15) is 0 Å². The normalized spacial score (nSPS) is 23.4. The highest BCUT2D eigenvalue weighted by Crippen LogP contribution is 2.22. The number of anilines is 1. The minimum absolute atomic E-state index is 0.0129. The van der Waals surface area contributed by atoms with Crippen LogP contribution in [0.1, 0.15) is 12.0 Å². The molecule has 1 amide bonds. The summed E-state index contributed by atoms with van der Waals surface area (Å²) in [6, 6.07) is 7.14. The van der Waals surface area contributed by atoms with Gasteiger partial charge in [-0.25, -0.2) is 8.42 Å². The van der Waals surface area contributed by atoms with E-state index in [4.69, 9.17) is 17.1 Å². The zero-order valence-electron chi connectivity index (χ0n) is 12.1. The number of para-hydroxylation sites is 1. The number of hydrogen-bond acceptors (Lipinski definition) is 6. The minimum atomic E-state index is -2.91. The number of amides is 1. The predicted octanol–water partition coefficient (Wildman–Crippen LogP) is 0.669. The highest BCUT2D eigenvalue weighted by atomic mass is 32.2. The van der Waals surface area contributed by atoms with Crippen LogP contribution in [-0.2, 0) is 19.5 Å². The third-order valence-electron chi connectivity index (χ3n) is 3.73. The van der Waals surface area contributed by atoms with Crippen LogP contribution in [0.15, 0.2) is 29.4 Å². The second kappa shape index (κ2) is 6.25. The molecule has 3 rings (SSSR count). The van der Waals surface area contributed by atoms with Crippen molar-refractivity contribution in [2.75, 3.05) is 23.4 Å². The Balaban J connectivity index is 1.56. The predicted molar refractivity (Wildman–Crippen MR) is 90.1 cm³/mol. The van der Waals surface area contributed by atoms with Crippen LogP contribution < -0.4 is 10.6 Å². The monoisotopic (exact) mass is 353 g/mol. The van der Waals surface area contributed by atoms with Crippen molar-refractivity contribution in [2.45, 2.75) is 6.42 Å². The molecule has 122 valence electrons. The third-order valence-corrected chi connectivity index (χ3v) is 5.78. The number of benzene rings is 1. The molecule has 2 aliphatic heterocycles. The van der Waals surface area contributed by atoms with Crippen LogP contribution in [0.3, 0.4) is 0 Å². The molecule has 1 atom stereocenters. The van der Waals surface area contributed by atoms with Gasteiger partial charge < -0.3 is 15.5 Å². The largest absolute Gasteiger partial charge is 0.344 e. The molecule has 7 nitrogen and oxygen atoms in total. The fraction of sp³-hybridized carbons (Fsp3) is 0.357. The van der Waals surface area contributed by atoms with Gasteiger partial charge in [0.15, 0.2) is 15.5 Å². The Hall–Kier alpha value is -2.00. The van der Waals surface area contributed by atoms with Crippen LogP contribution in [0.5, 0.6) is 0 Å². The standard InChI is InChI=1S/C14H15N3O4S2/c18-13-12(10-3-1-2-4-11(10)16-13)17-21-14(22)15-7-9-5-6-23(19,20)8-9/h1-4,9H,5-8H2,(H,15,22)(H,16,17,18). The molecule has 1 aromatic carbocycles. The summed E-state index contributed by atoms with van der Waals surface area (Å²) in [6.45, 7) is 0.408. The second-order valence-electron chi connectivity index (χ2n) is 5.47. The first-order valence-electron chi connectivity index (χ1n) is 7.08. The van der Waals surface area contributed by atoms with Gasteiger partial charge >= 0.3 is 0 Å². The highest BCUT2D eigenvalue weighted by molar-refractivity contribution is 7.91. The van der Waals surface area contributed by atoms with Crippen LogP contribution in [0.4, 0.5) is 5.69 Å². The molecule has 2 N–H and O–H groups in total. The zero-order valence-corrected chi connectivity index (χ0v) is 13.7. The van der Waals surface area contributed by atoms with Crippen LogP contribution in [0.2, 0.25) is 0 Å². The fourth-order valence-corrected chi connectivity index (χ4v) is 4.56. The lowest BCUT2D eigenvalue weighted by molar-refractivity contribution is -0.110. The number of hydrogen-bond donors (Lipinski definition) is 2. The molecule has 2 heterocycles. The Kier molecular flexibility index (Phi) is 4.31. The maximum atomic E-state index is 11.8. The van der Waals surface area contributed by atoms with E-state index in [2.05, 4.69) is 15.8 Å². The number of sulfone groups is 1. The minimum Gasteiger partial charge on any atom is -0.344 e. The van der Waals surface area contributed by atoms with Crippen LogP contribution in [-0.4, -0.2) is 43.3 Å². The summed E-state index contributed by atoms with van der Waals surface area (Å²) in [5.41, 5.74) is 1.49. The summed E-state index contributed by atoms with van der Waals surface area (Å²) in [7, 11) is -2.91. The van der Waals surface area contributed by atoms with E-state index < -0.39 is 9.84 Å². The Morgan fingerprint density at radius 3 is 2.96 bits per heavy atom. The molecule has 2 aliphatic rings. The molecule has 0 bridgehead atoms. The molecule has 0 saturated carbocycles. The number of nitrogens with zero attached hydrogens (tertiary/aromatic N) is 1. The molecule has 0 aliphatic carbocycles. The van der Waals surface area contributed by atoms with E-state index in [0.717, 1.165) is 0 Å². The number of nitrogens with one attached hydrogen (secondary N) is 2. The summed E-state index contributed by atoms with van der Waals surface area (Å²) >= 11 is 5.00. The van der Waals surface area contributed by atoms with Gasteiger partial charge in [0, 0.05) is 12.1 Å². The maximum Gasteiger partial charge on any atom is 0.289 e. The van der Waals surface area contributed by atoms with Crippen molar-refractivity contribution in [1.82, 2.24) is 5.32 Å². The number of rotatable bonds is 3. The van der Waals surface area contributed by atoms with Gasteiger partial charge in [0.05, 0.1) is 17.2 Å². The number of thiocarbonyl (C=S) groups is 1. The lowest BCUT2D eigenvalue weighted by Gasteiger charge is -2.09. The average Bonchev–Trinajstić information content (AvgIpc) is 3.01. The van der Waals surface area contributed by atoms with E-state index in [1.54, 1.807) is 18.2 Å². The van der Waals surface area contributed by atoms with Crippen molar-refractivity contribution in [3.05, 3.63) is 29.8 Å². The first-order chi connectivity index (χ1) is 10.9. The molecule has 1 aromatic rings. The lowest BCUT2D eigenvalue weighted by Crippen LogP contribution is -2.29. The van der Waals surface area contributed by atoms with Gasteiger partial charge in [-0.15, -0.1) is 0 Å². The number of oxime groups is 1. The summed E-state index contributed by atoms with van der Waals surface area (Å²) in [4.78, 5) is 16.9. The molecule has 1 saturated heterocycles. The van der Waals surface area contributed by atoms with Gasteiger partial charge in [-0.05, 0) is 30.6 Å². The van der Waals surface area contributed by atoms with E-state index in [1.165, 1.54) is 0 Å². The smallest absolute Gasteiger partial charge is 0.289 e. The van der Waals surface area contributed by atoms with E-state index in [-0.39, 0.29) is 34.2 Å². The third kappa shape index (κ3) is 3.67. The van der Waals surface area contributed by atoms with Crippen LogP contribution in [0.25, 0.3) is 0 Å². The highest BCUT2D eigenvalue weighted by Gasteiger charge is 2.28.